The molecule has 0 aliphatic heterocycles. The molecule has 1 unspecified atom stereocenters. The van der Waals surface area contributed by atoms with Crippen LogP contribution in [0.3, 0.4) is 0 Å². The quantitative estimate of drug-likeness (QED) is 0.744. The zero-order valence-corrected chi connectivity index (χ0v) is 13.0. The Bertz CT molecular complexity index is 436. The Morgan fingerprint density at radius 1 is 1.32 bits per heavy atom. The normalized spacial score (nSPS) is 12.8. The van der Waals surface area contributed by atoms with Crippen molar-refractivity contribution in [1.82, 2.24) is 9.78 Å². The van der Waals surface area contributed by atoms with Gasteiger partial charge in [-0.25, -0.2) is 0 Å². The molecule has 0 bridgehead atoms. The van der Waals surface area contributed by atoms with Gasteiger partial charge in [0.2, 0.25) is 0 Å². The Kier molecular flexibility index (Phi) is 5.58. The molecule has 0 radical (unpaired) electrons. The molecular weight excluding hydrogens is 240 g/mol. The highest BCUT2D eigenvalue weighted by Gasteiger charge is 2.19. The average Bonchev–Trinajstić information content (AvgIpc) is 2.62. The molecule has 19 heavy (non-hydrogen) atoms. The van der Waals surface area contributed by atoms with Crippen LogP contribution in [0.4, 0.5) is 0 Å². The lowest BCUT2D eigenvalue weighted by Gasteiger charge is -2.10. The first-order valence-corrected chi connectivity index (χ1v) is 6.97. The van der Waals surface area contributed by atoms with Crippen LogP contribution in [0.25, 0.3) is 0 Å². The number of hydrogen-bond acceptors (Lipinski definition) is 3. The molecule has 1 rings (SSSR count). The summed E-state index contributed by atoms with van der Waals surface area (Å²) < 4.78 is 6.85. The number of aryl methyl sites for hydroxylation is 2. The third-order valence-corrected chi connectivity index (χ3v) is 3.56. The molecule has 1 heterocycles. The van der Waals surface area contributed by atoms with Crippen molar-refractivity contribution in [2.75, 3.05) is 7.11 Å². The first-order valence-electron chi connectivity index (χ1n) is 6.97. The van der Waals surface area contributed by atoms with E-state index in [0.29, 0.717) is 12.3 Å². The number of aromatic nitrogens is 2. The lowest BCUT2D eigenvalue weighted by atomic mass is 10.00. The van der Waals surface area contributed by atoms with E-state index >= 15 is 0 Å². The molecule has 0 saturated heterocycles. The van der Waals surface area contributed by atoms with Crippen LogP contribution in [-0.4, -0.2) is 22.9 Å². The Hall–Kier alpha value is -1.32. The smallest absolute Gasteiger partial charge is 0.308 e. The molecule has 4 nitrogen and oxygen atoms in total. The number of carbonyl (C=O) groups excluding carboxylic acids is 1. The summed E-state index contributed by atoms with van der Waals surface area (Å²) >= 11 is 0. The second kappa shape index (κ2) is 6.73. The molecule has 1 aromatic heterocycles. The highest BCUT2D eigenvalue weighted by Crippen LogP contribution is 2.19. The van der Waals surface area contributed by atoms with E-state index in [1.165, 1.54) is 18.4 Å². The SMILES string of the molecule is COC(=O)C(C)Cc1c(C)nn(CCC(C)C)c1C. The van der Waals surface area contributed by atoms with Gasteiger partial charge in [0.15, 0.2) is 0 Å². The number of esters is 1. The van der Waals surface area contributed by atoms with E-state index in [-0.39, 0.29) is 11.9 Å². The van der Waals surface area contributed by atoms with Gasteiger partial charge >= 0.3 is 5.97 Å². The van der Waals surface area contributed by atoms with E-state index in [9.17, 15) is 4.79 Å². The number of methoxy groups -OCH3 is 1. The van der Waals surface area contributed by atoms with Crippen molar-refractivity contribution in [3.8, 4) is 0 Å². The van der Waals surface area contributed by atoms with E-state index in [1.807, 2.05) is 13.8 Å². The molecule has 1 aromatic rings. The Labute approximate surface area is 116 Å². The summed E-state index contributed by atoms with van der Waals surface area (Å²) in [5.74, 6) is 0.389. The van der Waals surface area contributed by atoms with Crippen LogP contribution >= 0.6 is 0 Å². The lowest BCUT2D eigenvalue weighted by molar-refractivity contribution is -0.144. The molecule has 108 valence electrons. The van der Waals surface area contributed by atoms with E-state index in [0.717, 1.165) is 18.7 Å². The Morgan fingerprint density at radius 3 is 2.47 bits per heavy atom. The molecule has 0 N–H and O–H groups in total. The van der Waals surface area contributed by atoms with Crippen LogP contribution in [0.1, 0.15) is 44.1 Å². The van der Waals surface area contributed by atoms with Crippen molar-refractivity contribution in [2.45, 2.75) is 54.0 Å². The van der Waals surface area contributed by atoms with Crippen LogP contribution < -0.4 is 0 Å². The maximum Gasteiger partial charge on any atom is 0.308 e. The predicted molar refractivity (Wildman–Crippen MR) is 76.0 cm³/mol. The van der Waals surface area contributed by atoms with Gasteiger partial charge < -0.3 is 4.74 Å². The lowest BCUT2D eigenvalue weighted by Crippen LogP contribution is -2.16. The molecule has 4 heteroatoms. The summed E-state index contributed by atoms with van der Waals surface area (Å²) in [5, 5.41) is 4.58. The van der Waals surface area contributed by atoms with Gasteiger partial charge in [-0.15, -0.1) is 0 Å². The average molecular weight is 266 g/mol. The molecule has 1 atom stereocenters. The third kappa shape index (κ3) is 4.08. The molecular formula is C15H26N2O2. The third-order valence-electron chi connectivity index (χ3n) is 3.56. The summed E-state index contributed by atoms with van der Waals surface area (Å²) in [6.45, 7) is 11.4. The minimum atomic E-state index is -0.159. The zero-order chi connectivity index (χ0) is 14.6. The highest BCUT2D eigenvalue weighted by molar-refractivity contribution is 5.72. The zero-order valence-electron chi connectivity index (χ0n) is 13.0. The summed E-state index contributed by atoms with van der Waals surface area (Å²) in [7, 11) is 1.44. The second-order valence-corrected chi connectivity index (χ2v) is 5.68. The van der Waals surface area contributed by atoms with Crippen LogP contribution in [0.5, 0.6) is 0 Å². The molecule has 0 aliphatic carbocycles. The van der Waals surface area contributed by atoms with Crippen molar-refractivity contribution in [2.24, 2.45) is 11.8 Å². The van der Waals surface area contributed by atoms with Gasteiger partial charge in [-0.05, 0) is 38.2 Å². The van der Waals surface area contributed by atoms with Crippen LogP contribution in [0.15, 0.2) is 0 Å². The summed E-state index contributed by atoms with van der Waals surface area (Å²) in [5.41, 5.74) is 3.38. The minimum Gasteiger partial charge on any atom is -0.469 e. The standard InChI is InChI=1S/C15H26N2O2/c1-10(2)7-8-17-13(5)14(12(4)16-17)9-11(3)15(18)19-6/h10-11H,7-9H2,1-6H3. The van der Waals surface area contributed by atoms with Crippen LogP contribution in [-0.2, 0) is 22.5 Å². The highest BCUT2D eigenvalue weighted by atomic mass is 16.5. The monoisotopic (exact) mass is 266 g/mol. The fourth-order valence-electron chi connectivity index (χ4n) is 2.22. The van der Waals surface area contributed by atoms with Gasteiger partial charge in [0.1, 0.15) is 0 Å². The van der Waals surface area contributed by atoms with Gasteiger partial charge in [0.25, 0.3) is 0 Å². The first kappa shape index (κ1) is 15.7. The van der Waals surface area contributed by atoms with Crippen molar-refractivity contribution in [3.05, 3.63) is 17.0 Å². The van der Waals surface area contributed by atoms with Gasteiger partial charge in [-0.2, -0.15) is 5.10 Å². The molecule has 0 saturated carbocycles. The van der Waals surface area contributed by atoms with Crippen LogP contribution in [0.2, 0.25) is 0 Å². The maximum atomic E-state index is 11.5. The van der Waals surface area contributed by atoms with Crippen molar-refractivity contribution in [1.29, 1.82) is 0 Å². The van der Waals surface area contributed by atoms with E-state index in [1.54, 1.807) is 0 Å². The molecule has 0 aliphatic rings. The van der Waals surface area contributed by atoms with E-state index in [4.69, 9.17) is 4.74 Å². The summed E-state index contributed by atoms with van der Waals surface area (Å²) in [6.07, 6.45) is 1.82. The molecule has 0 spiro atoms. The fourth-order valence-corrected chi connectivity index (χ4v) is 2.22. The Balaban J connectivity index is 2.82. The van der Waals surface area contributed by atoms with Crippen molar-refractivity contribution < 1.29 is 9.53 Å². The second-order valence-electron chi connectivity index (χ2n) is 5.68. The number of nitrogens with zero attached hydrogens (tertiary/aromatic N) is 2. The number of hydrogen-bond donors (Lipinski definition) is 0. The first-order chi connectivity index (χ1) is 8.86. The fraction of sp³-hybridized carbons (Fsp3) is 0.733. The minimum absolute atomic E-state index is 0.120. The molecule has 0 fully saturated rings. The molecule has 0 amide bonds. The van der Waals surface area contributed by atoms with Gasteiger partial charge in [-0.3, -0.25) is 9.48 Å². The van der Waals surface area contributed by atoms with Gasteiger partial charge in [-0.1, -0.05) is 20.8 Å². The molecule has 0 aromatic carbocycles. The Morgan fingerprint density at radius 2 is 1.95 bits per heavy atom. The largest absolute Gasteiger partial charge is 0.469 e. The van der Waals surface area contributed by atoms with E-state index < -0.39 is 0 Å². The van der Waals surface area contributed by atoms with Gasteiger partial charge in [0, 0.05) is 12.2 Å². The van der Waals surface area contributed by atoms with E-state index in [2.05, 4.69) is 30.6 Å². The topological polar surface area (TPSA) is 44.1 Å². The van der Waals surface area contributed by atoms with Crippen LogP contribution in [0, 0.1) is 25.7 Å². The number of carbonyl (C=O) groups is 1. The van der Waals surface area contributed by atoms with Crippen molar-refractivity contribution in [3.63, 3.8) is 0 Å². The number of ether oxygens (including phenoxy) is 1. The van der Waals surface area contributed by atoms with Crippen molar-refractivity contribution >= 4 is 5.97 Å². The maximum absolute atomic E-state index is 11.5. The predicted octanol–water partition coefficient (Wildman–Crippen LogP) is 2.90. The summed E-state index contributed by atoms with van der Waals surface area (Å²) in [6, 6.07) is 0. The summed E-state index contributed by atoms with van der Waals surface area (Å²) in [4.78, 5) is 11.5. The number of rotatable bonds is 6. The van der Waals surface area contributed by atoms with Gasteiger partial charge in [0.05, 0.1) is 18.7 Å².